The molecule has 3 aromatic carbocycles. The van der Waals surface area contributed by atoms with Gasteiger partial charge in [-0.3, -0.25) is 4.79 Å². The number of para-hydroxylation sites is 1. The summed E-state index contributed by atoms with van der Waals surface area (Å²) < 4.78 is 27.4. The second kappa shape index (κ2) is 8.33. The smallest absolute Gasteiger partial charge is 0.269 e. The maximum absolute atomic E-state index is 13.7. The van der Waals surface area contributed by atoms with Crippen molar-refractivity contribution in [1.82, 2.24) is 10.3 Å². The molecule has 0 fully saturated rings. The number of aromatic hydroxyl groups is 1. The Bertz CT molecular complexity index is 1440. The van der Waals surface area contributed by atoms with E-state index in [1.807, 2.05) is 19.9 Å². The molecule has 0 atom stereocenters. The minimum Gasteiger partial charge on any atom is -0.508 e. The number of amides is 1. The Hall–Kier alpha value is -3.29. The van der Waals surface area contributed by atoms with Gasteiger partial charge in [-0.25, -0.2) is 8.42 Å². The minimum absolute atomic E-state index is 0.0324. The molecule has 6 nitrogen and oxygen atoms in total. The summed E-state index contributed by atoms with van der Waals surface area (Å²) >= 11 is 6.15. The Labute approximate surface area is 190 Å². The van der Waals surface area contributed by atoms with Crippen LogP contribution in [0, 0.1) is 13.8 Å². The van der Waals surface area contributed by atoms with Gasteiger partial charge < -0.3 is 15.4 Å². The maximum atomic E-state index is 13.7. The number of carbonyl (C=O) groups is 1. The van der Waals surface area contributed by atoms with Crippen molar-refractivity contribution >= 4 is 38.2 Å². The number of benzene rings is 3. The molecule has 0 saturated heterocycles. The molecule has 1 amide bonds. The molecule has 1 aromatic heterocycles. The molecule has 8 heteroatoms. The molecule has 4 rings (SSSR count). The number of phenols is 1. The number of hydrogen-bond donors (Lipinski definition) is 3. The van der Waals surface area contributed by atoms with Gasteiger partial charge in [0.1, 0.15) is 16.3 Å². The van der Waals surface area contributed by atoms with E-state index in [0.717, 1.165) is 11.1 Å². The Balaban J connectivity index is 1.84. The fourth-order valence-electron chi connectivity index (χ4n) is 3.71. The number of carbonyl (C=O) groups excluding carboxylic acids is 1. The number of rotatable bonds is 5. The number of nitrogens with one attached hydrogen (secondary N) is 2. The van der Waals surface area contributed by atoms with Crippen LogP contribution >= 0.6 is 11.6 Å². The van der Waals surface area contributed by atoms with Crippen molar-refractivity contribution in [2.75, 3.05) is 0 Å². The summed E-state index contributed by atoms with van der Waals surface area (Å²) in [4.78, 5) is 16.0. The second-order valence-corrected chi connectivity index (χ2v) is 9.98. The number of H-pyrrole nitrogens is 1. The van der Waals surface area contributed by atoms with E-state index in [2.05, 4.69) is 10.3 Å². The summed E-state index contributed by atoms with van der Waals surface area (Å²) in [7, 11) is -4.05. The molecule has 0 bridgehead atoms. The molecule has 0 spiro atoms. The standard InChI is InChI=1S/C24H21ClN2O4S/c1-14-9-15(2)11-18(10-14)32(30,31)23-19-12-17(25)7-8-20(19)27-22(23)24(29)26-13-16-5-3-4-6-21(16)28/h3-12,27-28H,13H2,1-2H3,(H,26,29). The van der Waals surface area contributed by atoms with Crippen molar-refractivity contribution in [3.05, 3.63) is 88.1 Å². The summed E-state index contributed by atoms with van der Waals surface area (Å²) in [6.07, 6.45) is 0. The highest BCUT2D eigenvalue weighted by Crippen LogP contribution is 2.34. The Kier molecular flexibility index (Phi) is 5.71. The SMILES string of the molecule is Cc1cc(C)cc(S(=O)(=O)c2c(C(=O)NCc3ccccc3O)[nH]c3ccc(Cl)cc23)c1. The predicted molar refractivity (Wildman–Crippen MR) is 124 cm³/mol. The molecule has 0 aliphatic heterocycles. The van der Waals surface area contributed by atoms with Gasteiger partial charge in [0.2, 0.25) is 9.84 Å². The van der Waals surface area contributed by atoms with Gasteiger partial charge in [0.25, 0.3) is 5.91 Å². The highest BCUT2D eigenvalue weighted by atomic mass is 35.5. The number of aryl methyl sites for hydroxylation is 2. The lowest BCUT2D eigenvalue weighted by Gasteiger charge is -2.10. The molecule has 0 aliphatic rings. The zero-order valence-corrected chi connectivity index (χ0v) is 19.0. The topological polar surface area (TPSA) is 99.3 Å². The maximum Gasteiger partial charge on any atom is 0.269 e. The third kappa shape index (κ3) is 4.09. The molecular weight excluding hydrogens is 448 g/mol. The molecular formula is C24H21ClN2O4S. The van der Waals surface area contributed by atoms with Gasteiger partial charge in [-0.15, -0.1) is 0 Å². The average Bonchev–Trinajstić information content (AvgIpc) is 3.11. The molecule has 1 heterocycles. The number of sulfone groups is 1. The van der Waals surface area contributed by atoms with Crippen molar-refractivity contribution in [3.8, 4) is 5.75 Å². The Morgan fingerprint density at radius 1 is 1.03 bits per heavy atom. The normalized spacial score (nSPS) is 11.6. The lowest BCUT2D eigenvalue weighted by atomic mass is 10.2. The van der Waals surface area contributed by atoms with Crippen molar-refractivity contribution in [1.29, 1.82) is 0 Å². The van der Waals surface area contributed by atoms with Crippen LogP contribution in [0.1, 0.15) is 27.2 Å². The summed E-state index contributed by atoms with van der Waals surface area (Å²) in [6, 6.07) is 16.4. The Morgan fingerprint density at radius 3 is 2.41 bits per heavy atom. The first-order valence-corrected chi connectivity index (χ1v) is 11.7. The van der Waals surface area contributed by atoms with E-state index in [4.69, 9.17) is 11.6 Å². The highest BCUT2D eigenvalue weighted by molar-refractivity contribution is 7.91. The van der Waals surface area contributed by atoms with E-state index in [9.17, 15) is 18.3 Å². The van der Waals surface area contributed by atoms with Gasteiger partial charge in [0.05, 0.1) is 4.90 Å². The van der Waals surface area contributed by atoms with Crippen LogP contribution in [-0.2, 0) is 16.4 Å². The summed E-state index contributed by atoms with van der Waals surface area (Å²) in [5.41, 5.74) is 2.50. The van der Waals surface area contributed by atoms with Gasteiger partial charge in [-0.1, -0.05) is 35.9 Å². The lowest BCUT2D eigenvalue weighted by Crippen LogP contribution is -2.25. The van der Waals surface area contributed by atoms with E-state index in [-0.39, 0.29) is 27.8 Å². The van der Waals surface area contributed by atoms with Crippen molar-refractivity contribution in [2.24, 2.45) is 0 Å². The highest BCUT2D eigenvalue weighted by Gasteiger charge is 2.30. The third-order valence-corrected chi connectivity index (χ3v) is 7.20. The van der Waals surface area contributed by atoms with Crippen LogP contribution in [0.4, 0.5) is 0 Å². The number of aromatic nitrogens is 1. The van der Waals surface area contributed by atoms with E-state index in [1.165, 1.54) is 12.1 Å². The Morgan fingerprint density at radius 2 is 1.72 bits per heavy atom. The van der Waals surface area contributed by atoms with E-state index in [1.54, 1.807) is 42.5 Å². The first kappa shape index (κ1) is 21.9. The lowest BCUT2D eigenvalue weighted by molar-refractivity contribution is 0.0943. The predicted octanol–water partition coefficient (Wildman–Crippen LogP) is 4.91. The molecule has 164 valence electrons. The van der Waals surface area contributed by atoms with E-state index >= 15 is 0 Å². The van der Waals surface area contributed by atoms with Crippen LogP contribution in [0.5, 0.6) is 5.75 Å². The average molecular weight is 469 g/mol. The quantitative estimate of drug-likeness (QED) is 0.387. The zero-order valence-electron chi connectivity index (χ0n) is 17.4. The molecule has 4 aromatic rings. The van der Waals surface area contributed by atoms with Crippen molar-refractivity contribution in [2.45, 2.75) is 30.2 Å². The van der Waals surface area contributed by atoms with Crippen LogP contribution in [0.2, 0.25) is 5.02 Å². The summed E-state index contributed by atoms with van der Waals surface area (Å²) in [5.74, 6) is -0.567. The van der Waals surface area contributed by atoms with Gasteiger partial charge in [-0.2, -0.15) is 0 Å². The number of aromatic amines is 1. The molecule has 0 aliphatic carbocycles. The van der Waals surface area contributed by atoms with Crippen LogP contribution < -0.4 is 5.32 Å². The number of phenolic OH excluding ortho intramolecular Hbond substituents is 1. The van der Waals surface area contributed by atoms with E-state index < -0.39 is 15.7 Å². The van der Waals surface area contributed by atoms with Crippen molar-refractivity contribution in [3.63, 3.8) is 0 Å². The fourth-order valence-corrected chi connectivity index (χ4v) is 5.67. The fraction of sp³-hybridized carbons (Fsp3) is 0.125. The molecule has 0 unspecified atom stereocenters. The number of hydrogen-bond acceptors (Lipinski definition) is 4. The van der Waals surface area contributed by atoms with E-state index in [0.29, 0.717) is 21.5 Å². The largest absolute Gasteiger partial charge is 0.508 e. The molecule has 0 radical (unpaired) electrons. The minimum atomic E-state index is -4.05. The van der Waals surface area contributed by atoms with Gasteiger partial charge >= 0.3 is 0 Å². The first-order valence-electron chi connectivity index (χ1n) is 9.86. The number of halogens is 1. The number of fused-ring (bicyclic) bond motifs is 1. The molecule has 0 saturated carbocycles. The van der Waals surface area contributed by atoms with Crippen LogP contribution in [0.25, 0.3) is 10.9 Å². The van der Waals surface area contributed by atoms with Crippen molar-refractivity contribution < 1.29 is 18.3 Å². The van der Waals surface area contributed by atoms with Crippen LogP contribution in [0.3, 0.4) is 0 Å². The zero-order chi connectivity index (χ0) is 23.0. The summed E-state index contributed by atoms with van der Waals surface area (Å²) in [5, 5.41) is 13.3. The summed E-state index contributed by atoms with van der Waals surface area (Å²) in [6.45, 7) is 3.67. The monoisotopic (exact) mass is 468 g/mol. The molecule has 3 N–H and O–H groups in total. The van der Waals surface area contributed by atoms with Gasteiger partial charge in [0.15, 0.2) is 0 Å². The third-order valence-electron chi connectivity index (χ3n) is 5.15. The van der Waals surface area contributed by atoms with Crippen LogP contribution in [-0.4, -0.2) is 24.4 Å². The van der Waals surface area contributed by atoms with Gasteiger partial charge in [-0.05, 0) is 61.4 Å². The van der Waals surface area contributed by atoms with Gasteiger partial charge in [0, 0.05) is 28.0 Å². The first-order chi connectivity index (χ1) is 15.2. The van der Waals surface area contributed by atoms with Crippen LogP contribution in [0.15, 0.2) is 70.5 Å². The second-order valence-electron chi connectivity index (χ2n) is 7.66. The molecule has 32 heavy (non-hydrogen) atoms.